The van der Waals surface area contributed by atoms with Crippen molar-refractivity contribution in [1.29, 1.82) is 0 Å². The van der Waals surface area contributed by atoms with Gasteiger partial charge in [-0.25, -0.2) is 4.98 Å². The molecular weight excluding hydrogens is 394 g/mol. The molecule has 31 heavy (non-hydrogen) atoms. The molecule has 3 aromatic heterocycles. The minimum Gasteiger partial charge on any atom is -0.360 e. The number of piperidine rings is 1. The van der Waals surface area contributed by atoms with Crippen molar-refractivity contribution in [3.05, 3.63) is 65.7 Å². The molecule has 2 N–H and O–H groups in total. The predicted octanol–water partition coefficient (Wildman–Crippen LogP) is 2.47. The second-order valence-corrected chi connectivity index (χ2v) is 7.89. The summed E-state index contributed by atoms with van der Waals surface area (Å²) in [5.74, 6) is -0.536. The van der Waals surface area contributed by atoms with Gasteiger partial charge in [0.15, 0.2) is 0 Å². The molecule has 4 aromatic rings. The van der Waals surface area contributed by atoms with Gasteiger partial charge in [-0.05, 0) is 35.1 Å². The van der Waals surface area contributed by atoms with Crippen LogP contribution in [-0.2, 0) is 16.0 Å². The molecule has 0 bridgehead atoms. The average Bonchev–Trinajstić information content (AvgIpc) is 3.31. The second-order valence-electron chi connectivity index (χ2n) is 7.89. The van der Waals surface area contributed by atoms with Gasteiger partial charge in [-0.2, -0.15) is 0 Å². The van der Waals surface area contributed by atoms with Crippen LogP contribution in [0.5, 0.6) is 0 Å². The highest BCUT2D eigenvalue weighted by Crippen LogP contribution is 2.40. The van der Waals surface area contributed by atoms with E-state index >= 15 is 0 Å². The van der Waals surface area contributed by atoms with Crippen molar-refractivity contribution in [3.8, 4) is 0 Å². The Morgan fingerprint density at radius 3 is 2.84 bits per heavy atom. The number of nitrogens with one attached hydrogen (secondary N) is 2. The van der Waals surface area contributed by atoms with Crippen LogP contribution in [0.15, 0.2) is 49.1 Å². The van der Waals surface area contributed by atoms with Crippen LogP contribution in [0.25, 0.3) is 21.7 Å². The van der Waals surface area contributed by atoms with E-state index in [0.29, 0.717) is 24.2 Å². The molecule has 0 radical (unpaired) electrons. The average molecular weight is 411 g/mol. The van der Waals surface area contributed by atoms with Crippen molar-refractivity contribution in [2.45, 2.75) is 25.3 Å². The smallest absolute Gasteiger partial charge is 0.260 e. The standard InChI is InChI=1S/C23H17N5O3/c29-19-5-4-18(22(30)27-19)28-21-20-15(2-1-3-16(20)23(28)31)13(10-26-21)8-12-9-25-17-11-24-7-6-14(12)17/h1-3,6-7,9-11,18,25H,4-5,8H2,(H,27,29,30). The summed E-state index contributed by atoms with van der Waals surface area (Å²) in [6.45, 7) is 0. The zero-order valence-corrected chi connectivity index (χ0v) is 16.4. The lowest BCUT2D eigenvalue weighted by Crippen LogP contribution is -2.53. The summed E-state index contributed by atoms with van der Waals surface area (Å²) in [7, 11) is 0. The van der Waals surface area contributed by atoms with Crippen LogP contribution in [0, 0.1) is 0 Å². The van der Waals surface area contributed by atoms with E-state index in [1.54, 1.807) is 24.7 Å². The number of H-pyrrole nitrogens is 1. The van der Waals surface area contributed by atoms with Gasteiger partial charge in [0.1, 0.15) is 11.9 Å². The zero-order chi connectivity index (χ0) is 21.1. The molecule has 2 aliphatic heterocycles. The van der Waals surface area contributed by atoms with Gasteiger partial charge in [-0.1, -0.05) is 12.1 Å². The Kier molecular flexibility index (Phi) is 3.70. The van der Waals surface area contributed by atoms with E-state index < -0.39 is 11.9 Å². The van der Waals surface area contributed by atoms with E-state index in [1.807, 2.05) is 24.4 Å². The fraction of sp³-hybridized carbons (Fsp3) is 0.174. The number of imide groups is 1. The van der Waals surface area contributed by atoms with Gasteiger partial charge in [0.05, 0.1) is 17.3 Å². The molecule has 1 saturated heterocycles. The summed E-state index contributed by atoms with van der Waals surface area (Å²) in [4.78, 5) is 50.7. The van der Waals surface area contributed by atoms with E-state index in [1.165, 1.54) is 4.90 Å². The minimum absolute atomic E-state index is 0.202. The quantitative estimate of drug-likeness (QED) is 0.504. The maximum absolute atomic E-state index is 13.2. The summed E-state index contributed by atoms with van der Waals surface area (Å²) < 4.78 is 0. The maximum Gasteiger partial charge on any atom is 0.260 e. The lowest BCUT2D eigenvalue weighted by molar-refractivity contribution is -0.134. The summed E-state index contributed by atoms with van der Waals surface area (Å²) in [5.41, 5.74) is 3.62. The molecule has 5 heterocycles. The first-order valence-electron chi connectivity index (χ1n) is 10.1. The number of pyridine rings is 2. The van der Waals surface area contributed by atoms with Crippen LogP contribution in [0.3, 0.4) is 0 Å². The molecular formula is C23H17N5O3. The van der Waals surface area contributed by atoms with Crippen molar-refractivity contribution < 1.29 is 14.4 Å². The fourth-order valence-electron chi connectivity index (χ4n) is 4.66. The van der Waals surface area contributed by atoms with Crippen LogP contribution >= 0.6 is 0 Å². The number of anilines is 1. The van der Waals surface area contributed by atoms with Gasteiger partial charge >= 0.3 is 0 Å². The Hall–Kier alpha value is -4.07. The third-order valence-electron chi connectivity index (χ3n) is 6.13. The van der Waals surface area contributed by atoms with Gasteiger partial charge in [0.2, 0.25) is 11.8 Å². The van der Waals surface area contributed by atoms with Crippen molar-refractivity contribution in [1.82, 2.24) is 20.3 Å². The van der Waals surface area contributed by atoms with E-state index in [0.717, 1.165) is 32.8 Å². The molecule has 1 aromatic carbocycles. The first kappa shape index (κ1) is 17.8. The number of benzene rings is 1. The van der Waals surface area contributed by atoms with Gasteiger partial charge in [0, 0.05) is 42.2 Å². The molecule has 8 nitrogen and oxygen atoms in total. The molecule has 8 heteroatoms. The highest BCUT2D eigenvalue weighted by atomic mass is 16.2. The van der Waals surface area contributed by atoms with Crippen molar-refractivity contribution >= 4 is 45.2 Å². The molecule has 6 rings (SSSR count). The topological polar surface area (TPSA) is 108 Å². The van der Waals surface area contributed by atoms with Gasteiger partial charge in [-0.3, -0.25) is 29.6 Å². The number of fused-ring (bicyclic) bond motifs is 1. The third kappa shape index (κ3) is 2.58. The van der Waals surface area contributed by atoms with Crippen LogP contribution in [0.1, 0.15) is 34.3 Å². The molecule has 1 unspecified atom stereocenters. The molecule has 3 amide bonds. The molecule has 0 aliphatic carbocycles. The van der Waals surface area contributed by atoms with Crippen LogP contribution in [0.4, 0.5) is 5.82 Å². The third-order valence-corrected chi connectivity index (χ3v) is 6.13. The first-order chi connectivity index (χ1) is 15.1. The molecule has 1 fully saturated rings. The second kappa shape index (κ2) is 6.46. The number of carbonyl (C=O) groups is 3. The normalized spacial score (nSPS) is 18.3. The summed E-state index contributed by atoms with van der Waals surface area (Å²) >= 11 is 0. The zero-order valence-electron chi connectivity index (χ0n) is 16.4. The lowest BCUT2D eigenvalue weighted by Gasteiger charge is -2.29. The SMILES string of the molecule is O=C1CCC(N2C(=O)c3cccc4c(Cc5c[nH]c6cnccc56)cnc2c34)C(=O)N1. The fourth-order valence-corrected chi connectivity index (χ4v) is 4.66. The maximum atomic E-state index is 13.2. The van der Waals surface area contributed by atoms with E-state index in [9.17, 15) is 14.4 Å². The van der Waals surface area contributed by atoms with E-state index in [2.05, 4.69) is 20.3 Å². The number of amides is 3. The highest BCUT2D eigenvalue weighted by Gasteiger charge is 2.41. The Morgan fingerprint density at radius 2 is 1.97 bits per heavy atom. The summed E-state index contributed by atoms with van der Waals surface area (Å²) in [6.07, 6.45) is 8.44. The Balaban J connectivity index is 1.46. The Bertz CT molecular complexity index is 1420. The van der Waals surface area contributed by atoms with Crippen molar-refractivity contribution in [2.24, 2.45) is 0 Å². The summed E-state index contributed by atoms with van der Waals surface area (Å²) in [5, 5.41) is 5.13. The largest absolute Gasteiger partial charge is 0.360 e. The van der Waals surface area contributed by atoms with Crippen molar-refractivity contribution in [2.75, 3.05) is 4.90 Å². The molecule has 2 aliphatic rings. The molecule has 152 valence electrons. The van der Waals surface area contributed by atoms with Gasteiger partial charge in [-0.15, -0.1) is 0 Å². The number of rotatable bonds is 3. The van der Waals surface area contributed by atoms with Crippen LogP contribution in [0.2, 0.25) is 0 Å². The Labute approximate surface area is 176 Å². The first-order valence-corrected chi connectivity index (χ1v) is 10.1. The van der Waals surface area contributed by atoms with Gasteiger partial charge < -0.3 is 4.98 Å². The van der Waals surface area contributed by atoms with Gasteiger partial charge in [0.25, 0.3) is 5.91 Å². The number of nitrogens with zero attached hydrogens (tertiary/aromatic N) is 3. The predicted molar refractivity (Wildman–Crippen MR) is 114 cm³/mol. The number of aromatic nitrogens is 3. The Morgan fingerprint density at radius 1 is 1.06 bits per heavy atom. The molecule has 0 spiro atoms. The van der Waals surface area contributed by atoms with Crippen molar-refractivity contribution in [3.63, 3.8) is 0 Å². The molecule has 1 atom stereocenters. The van der Waals surface area contributed by atoms with Crippen LogP contribution < -0.4 is 10.2 Å². The number of hydrogen-bond donors (Lipinski definition) is 2. The monoisotopic (exact) mass is 411 g/mol. The van der Waals surface area contributed by atoms with Crippen LogP contribution in [-0.4, -0.2) is 38.7 Å². The number of carbonyl (C=O) groups excluding carboxylic acids is 3. The highest BCUT2D eigenvalue weighted by molar-refractivity contribution is 6.26. The number of hydrogen-bond acceptors (Lipinski definition) is 5. The minimum atomic E-state index is -0.736. The van der Waals surface area contributed by atoms with E-state index in [4.69, 9.17) is 0 Å². The lowest BCUT2D eigenvalue weighted by atomic mass is 9.99. The summed E-state index contributed by atoms with van der Waals surface area (Å²) in [6, 6.07) is 6.85. The van der Waals surface area contributed by atoms with E-state index in [-0.39, 0.29) is 18.2 Å². The molecule has 0 saturated carbocycles. The number of aromatic amines is 1.